The van der Waals surface area contributed by atoms with Gasteiger partial charge in [-0.1, -0.05) is 40.2 Å². The molecule has 5 rings (SSSR count). The Morgan fingerprint density at radius 1 is 0.731 bits per heavy atom. The lowest BCUT2D eigenvalue weighted by Crippen LogP contribution is -1.82. The van der Waals surface area contributed by atoms with Gasteiger partial charge in [-0.15, -0.1) is 0 Å². The zero-order valence-electron chi connectivity index (χ0n) is 14.6. The number of para-hydroxylation sites is 1. The van der Waals surface area contributed by atoms with Gasteiger partial charge < -0.3 is 14.1 Å². The lowest BCUT2D eigenvalue weighted by molar-refractivity contribution is 0.969. The number of aromatic nitrogens is 3. The Bertz CT molecular complexity index is 1270. The van der Waals surface area contributed by atoms with Crippen molar-refractivity contribution in [2.24, 2.45) is 14.1 Å². The smallest absolute Gasteiger partial charge is 0.0495 e. The molecule has 128 valence electrons. The zero-order chi connectivity index (χ0) is 17.8. The van der Waals surface area contributed by atoms with Gasteiger partial charge in [0.15, 0.2) is 0 Å². The van der Waals surface area contributed by atoms with Crippen molar-refractivity contribution in [1.82, 2.24) is 14.1 Å². The van der Waals surface area contributed by atoms with Crippen LogP contribution in [0.3, 0.4) is 0 Å². The summed E-state index contributed by atoms with van der Waals surface area (Å²) in [5.74, 6) is 0. The second kappa shape index (κ2) is 5.64. The fraction of sp³-hybridized carbons (Fsp3) is 0.0909. The quantitative estimate of drug-likeness (QED) is 0.368. The molecule has 0 amide bonds. The predicted octanol–water partition coefficient (Wildman–Crippen LogP) is 6.09. The number of nitrogens with one attached hydrogen (secondary N) is 1. The third kappa shape index (κ3) is 2.19. The highest BCUT2D eigenvalue weighted by atomic mass is 79.9. The minimum Gasteiger partial charge on any atom is -0.366 e. The number of hydrogen-bond acceptors (Lipinski definition) is 0. The van der Waals surface area contributed by atoms with Crippen molar-refractivity contribution in [3.05, 3.63) is 71.7 Å². The molecule has 2 aromatic carbocycles. The van der Waals surface area contributed by atoms with Crippen molar-refractivity contribution in [3.8, 4) is 22.3 Å². The minimum atomic E-state index is 1.10. The monoisotopic (exact) mass is 403 g/mol. The molecule has 0 atom stereocenters. The molecule has 0 bridgehead atoms. The van der Waals surface area contributed by atoms with Crippen molar-refractivity contribution in [2.75, 3.05) is 0 Å². The van der Waals surface area contributed by atoms with Gasteiger partial charge in [-0.2, -0.15) is 0 Å². The van der Waals surface area contributed by atoms with Gasteiger partial charge in [-0.25, -0.2) is 0 Å². The number of hydrogen-bond donors (Lipinski definition) is 1. The molecule has 26 heavy (non-hydrogen) atoms. The lowest BCUT2D eigenvalue weighted by Gasteiger charge is -2.03. The fourth-order valence-electron chi connectivity index (χ4n) is 3.94. The van der Waals surface area contributed by atoms with E-state index in [-0.39, 0.29) is 0 Å². The lowest BCUT2D eigenvalue weighted by atomic mass is 9.98. The van der Waals surface area contributed by atoms with E-state index < -0.39 is 0 Å². The molecule has 0 saturated carbocycles. The van der Waals surface area contributed by atoms with Crippen LogP contribution in [0.2, 0.25) is 0 Å². The maximum absolute atomic E-state index is 3.58. The average molecular weight is 404 g/mol. The van der Waals surface area contributed by atoms with Gasteiger partial charge in [0.1, 0.15) is 0 Å². The molecule has 0 aliphatic heterocycles. The van der Waals surface area contributed by atoms with E-state index in [2.05, 4.69) is 111 Å². The van der Waals surface area contributed by atoms with E-state index in [1.807, 2.05) is 0 Å². The molecular weight excluding hydrogens is 386 g/mol. The molecule has 0 aliphatic rings. The predicted molar refractivity (Wildman–Crippen MR) is 112 cm³/mol. The highest BCUT2D eigenvalue weighted by Gasteiger charge is 2.17. The van der Waals surface area contributed by atoms with Crippen LogP contribution in [0.4, 0.5) is 0 Å². The van der Waals surface area contributed by atoms with E-state index in [1.165, 1.54) is 44.1 Å². The topological polar surface area (TPSA) is 25.6 Å². The first-order valence-corrected chi connectivity index (χ1v) is 9.39. The summed E-state index contributed by atoms with van der Waals surface area (Å²) in [5.41, 5.74) is 7.44. The molecule has 0 fully saturated rings. The summed E-state index contributed by atoms with van der Waals surface area (Å²) in [6.45, 7) is 0. The molecule has 3 heterocycles. The molecule has 1 N–H and O–H groups in total. The van der Waals surface area contributed by atoms with E-state index in [4.69, 9.17) is 0 Å². The van der Waals surface area contributed by atoms with Crippen LogP contribution in [0.5, 0.6) is 0 Å². The largest absolute Gasteiger partial charge is 0.366 e. The molecule has 4 heteroatoms. The van der Waals surface area contributed by atoms with E-state index in [9.17, 15) is 0 Å². The normalized spacial score (nSPS) is 11.7. The van der Waals surface area contributed by atoms with E-state index >= 15 is 0 Å². The van der Waals surface area contributed by atoms with E-state index in [0.717, 1.165) is 4.47 Å². The first kappa shape index (κ1) is 15.5. The number of benzene rings is 2. The van der Waals surface area contributed by atoms with Gasteiger partial charge >= 0.3 is 0 Å². The molecule has 0 radical (unpaired) electrons. The summed E-state index contributed by atoms with van der Waals surface area (Å²) in [6, 6.07) is 15.0. The van der Waals surface area contributed by atoms with E-state index in [1.54, 1.807) is 0 Å². The Kier molecular flexibility index (Phi) is 3.37. The van der Waals surface area contributed by atoms with Gasteiger partial charge in [-0.05, 0) is 18.2 Å². The van der Waals surface area contributed by atoms with Gasteiger partial charge in [0.2, 0.25) is 0 Å². The Hall–Kier alpha value is -2.72. The maximum Gasteiger partial charge on any atom is 0.0495 e. The molecular formula is C22H18BrN3. The third-order valence-electron chi connectivity index (χ3n) is 5.18. The van der Waals surface area contributed by atoms with Crippen molar-refractivity contribution in [3.63, 3.8) is 0 Å². The summed E-state index contributed by atoms with van der Waals surface area (Å²) in [5, 5.41) is 2.54. The molecule has 5 aromatic rings. The first-order chi connectivity index (χ1) is 12.6. The number of aromatic amines is 1. The van der Waals surface area contributed by atoms with Gasteiger partial charge in [0.05, 0.1) is 0 Å². The number of rotatable bonds is 2. The van der Waals surface area contributed by atoms with Crippen LogP contribution in [-0.4, -0.2) is 14.1 Å². The number of H-pyrrole nitrogens is 1. The van der Waals surface area contributed by atoms with Crippen LogP contribution >= 0.6 is 15.9 Å². The molecule has 0 spiro atoms. The highest BCUT2D eigenvalue weighted by molar-refractivity contribution is 9.10. The minimum absolute atomic E-state index is 1.10. The first-order valence-electron chi connectivity index (χ1n) is 8.59. The Balaban J connectivity index is 1.79. The second-order valence-electron chi connectivity index (χ2n) is 6.77. The molecule has 0 aliphatic carbocycles. The van der Waals surface area contributed by atoms with E-state index in [0.29, 0.717) is 0 Å². The van der Waals surface area contributed by atoms with Gasteiger partial charge in [0.25, 0.3) is 0 Å². The van der Waals surface area contributed by atoms with Crippen LogP contribution in [0.15, 0.2) is 71.7 Å². The van der Waals surface area contributed by atoms with Crippen molar-refractivity contribution in [2.45, 2.75) is 0 Å². The maximum atomic E-state index is 3.58. The van der Waals surface area contributed by atoms with Crippen molar-refractivity contribution < 1.29 is 0 Å². The standard InChI is InChI=1S/C22H18BrN3/c1-25-12-19(15-5-3-4-6-21(15)25)17-10-24-11-18(17)20-13-26(2)22-9-14(23)7-8-16(20)22/h3-13,24H,1-2H3. The highest BCUT2D eigenvalue weighted by Crippen LogP contribution is 2.40. The summed E-state index contributed by atoms with van der Waals surface area (Å²) in [4.78, 5) is 3.33. The number of halogens is 1. The van der Waals surface area contributed by atoms with Gasteiger partial charge in [-0.3, -0.25) is 0 Å². The molecule has 0 unspecified atom stereocenters. The van der Waals surface area contributed by atoms with Crippen molar-refractivity contribution >= 4 is 37.7 Å². The molecule has 3 aromatic heterocycles. The Labute approximate surface area is 160 Å². The van der Waals surface area contributed by atoms with Crippen LogP contribution in [0.1, 0.15) is 0 Å². The SMILES string of the molecule is Cn1cc(-c2c[nH]cc2-c2cn(C)c3cc(Br)ccc23)c2ccccc21. The van der Waals surface area contributed by atoms with Crippen LogP contribution in [-0.2, 0) is 14.1 Å². The summed E-state index contributed by atoms with van der Waals surface area (Å²) in [7, 11) is 4.20. The Morgan fingerprint density at radius 2 is 1.35 bits per heavy atom. The fourth-order valence-corrected chi connectivity index (χ4v) is 4.29. The number of nitrogens with zero attached hydrogens (tertiary/aromatic N) is 2. The number of aryl methyl sites for hydroxylation is 2. The van der Waals surface area contributed by atoms with Crippen LogP contribution < -0.4 is 0 Å². The van der Waals surface area contributed by atoms with Crippen LogP contribution in [0.25, 0.3) is 44.1 Å². The molecule has 3 nitrogen and oxygen atoms in total. The summed E-state index contributed by atoms with van der Waals surface area (Å²) < 4.78 is 5.48. The average Bonchev–Trinajstić information content (AvgIpc) is 3.32. The second-order valence-corrected chi connectivity index (χ2v) is 7.68. The van der Waals surface area contributed by atoms with Crippen molar-refractivity contribution in [1.29, 1.82) is 0 Å². The van der Waals surface area contributed by atoms with Crippen LogP contribution in [0, 0.1) is 0 Å². The van der Waals surface area contributed by atoms with Gasteiger partial charge in [0, 0.05) is 87.4 Å². The summed E-state index contributed by atoms with van der Waals surface area (Å²) >= 11 is 3.58. The Morgan fingerprint density at radius 3 is 2.08 bits per heavy atom. The third-order valence-corrected chi connectivity index (χ3v) is 5.67. The summed E-state index contributed by atoms with van der Waals surface area (Å²) in [6.07, 6.45) is 8.65. The number of fused-ring (bicyclic) bond motifs is 2. The molecule has 0 saturated heterocycles. The zero-order valence-corrected chi connectivity index (χ0v) is 16.2.